The third-order valence-corrected chi connectivity index (χ3v) is 7.61. The molecule has 4 atom stereocenters. The van der Waals surface area contributed by atoms with E-state index in [1.165, 1.54) is 0 Å². The van der Waals surface area contributed by atoms with Crippen molar-refractivity contribution in [3.8, 4) is 34.5 Å². The maximum Gasteiger partial charge on any atom is 0.161 e. The molecule has 0 unspecified atom stereocenters. The predicted octanol–water partition coefficient (Wildman–Crippen LogP) is 6.27. The molecular weight excluding hydrogens is 524 g/mol. The number of rotatable bonds is 12. The van der Waals surface area contributed by atoms with Crippen molar-refractivity contribution in [1.29, 1.82) is 0 Å². The molecule has 41 heavy (non-hydrogen) atoms. The number of ether oxygens (including phenoxy) is 7. The highest BCUT2D eigenvalue weighted by atomic mass is 16.5. The summed E-state index contributed by atoms with van der Waals surface area (Å²) in [4.78, 5) is 0. The molecule has 1 heterocycles. The lowest BCUT2D eigenvalue weighted by molar-refractivity contribution is -0.0901. The fourth-order valence-corrected chi connectivity index (χ4v) is 5.43. The van der Waals surface area contributed by atoms with Gasteiger partial charge in [0.25, 0.3) is 0 Å². The Kier molecular flexibility index (Phi) is 10.4. The molecule has 8 nitrogen and oxygen atoms in total. The van der Waals surface area contributed by atoms with Crippen LogP contribution in [-0.4, -0.2) is 54.4 Å². The average Bonchev–Trinajstić information content (AvgIpc) is 3.03. The van der Waals surface area contributed by atoms with Crippen molar-refractivity contribution in [2.45, 2.75) is 25.0 Å². The van der Waals surface area contributed by atoms with Crippen molar-refractivity contribution in [2.24, 2.45) is 11.8 Å². The Morgan fingerprint density at radius 2 is 1.29 bits per heavy atom. The number of aliphatic hydroxyl groups is 1. The fraction of sp³-hybridized carbons (Fsp3) is 0.394. The van der Waals surface area contributed by atoms with Crippen molar-refractivity contribution in [1.82, 2.24) is 0 Å². The van der Waals surface area contributed by atoms with Crippen LogP contribution in [-0.2, 0) is 4.74 Å². The molecule has 1 N–H and O–H groups in total. The van der Waals surface area contributed by atoms with Gasteiger partial charge in [-0.15, -0.1) is 0 Å². The molecule has 4 rings (SSSR count). The van der Waals surface area contributed by atoms with Gasteiger partial charge in [-0.2, -0.15) is 0 Å². The lowest BCUT2D eigenvalue weighted by atomic mass is 9.79. The lowest BCUT2D eigenvalue weighted by Gasteiger charge is -2.38. The molecule has 8 heteroatoms. The number of aliphatic hydroxyl groups excluding tert-OH is 1. The summed E-state index contributed by atoms with van der Waals surface area (Å²) in [7, 11) is 9.68. The highest BCUT2D eigenvalue weighted by Crippen LogP contribution is 2.44. The van der Waals surface area contributed by atoms with E-state index in [4.69, 9.17) is 33.2 Å². The molecule has 3 aromatic rings. The smallest absolute Gasteiger partial charge is 0.161 e. The average molecular weight is 565 g/mol. The monoisotopic (exact) mass is 564 g/mol. The minimum atomic E-state index is -0.724. The van der Waals surface area contributed by atoms with E-state index in [0.29, 0.717) is 41.1 Å². The summed E-state index contributed by atoms with van der Waals surface area (Å²) < 4.78 is 39.1. The van der Waals surface area contributed by atoms with E-state index < -0.39 is 6.10 Å². The molecule has 1 aliphatic rings. The van der Waals surface area contributed by atoms with Gasteiger partial charge in [0.1, 0.15) is 0 Å². The lowest BCUT2D eigenvalue weighted by Crippen LogP contribution is -2.32. The van der Waals surface area contributed by atoms with Crippen LogP contribution in [0.1, 0.15) is 41.7 Å². The molecule has 0 bridgehead atoms. The Balaban J connectivity index is 1.59. The highest BCUT2D eigenvalue weighted by Gasteiger charge is 2.36. The summed E-state index contributed by atoms with van der Waals surface area (Å²) in [5.74, 6) is 3.87. The van der Waals surface area contributed by atoms with Crippen LogP contribution in [0.4, 0.5) is 0 Å². The van der Waals surface area contributed by atoms with Gasteiger partial charge in [-0.05, 0) is 71.8 Å². The van der Waals surface area contributed by atoms with Crippen molar-refractivity contribution in [2.75, 3.05) is 49.3 Å². The molecule has 1 aliphatic heterocycles. The second-order valence-corrected chi connectivity index (χ2v) is 9.94. The third-order valence-electron chi connectivity index (χ3n) is 7.61. The molecule has 1 fully saturated rings. The van der Waals surface area contributed by atoms with E-state index in [2.05, 4.69) is 12.2 Å². The van der Waals surface area contributed by atoms with Crippen LogP contribution < -0.4 is 28.4 Å². The molecule has 3 aromatic carbocycles. The molecular formula is C33H40O8. The van der Waals surface area contributed by atoms with Gasteiger partial charge < -0.3 is 38.3 Å². The van der Waals surface area contributed by atoms with Crippen LogP contribution in [0.5, 0.6) is 34.5 Å². The Hall–Kier alpha value is -3.88. The molecule has 0 aliphatic carbocycles. The zero-order valence-corrected chi connectivity index (χ0v) is 24.6. The Labute approximate surface area is 242 Å². The summed E-state index contributed by atoms with van der Waals surface area (Å²) >= 11 is 0. The Bertz CT molecular complexity index is 1320. The fourth-order valence-electron chi connectivity index (χ4n) is 5.43. The van der Waals surface area contributed by atoms with E-state index in [1.54, 1.807) is 42.7 Å². The first-order valence-electron chi connectivity index (χ1n) is 13.6. The molecule has 0 spiro atoms. The zero-order valence-electron chi connectivity index (χ0n) is 24.6. The second kappa shape index (κ2) is 14.1. The van der Waals surface area contributed by atoms with E-state index in [1.807, 2.05) is 54.6 Å². The van der Waals surface area contributed by atoms with E-state index >= 15 is 0 Å². The first-order chi connectivity index (χ1) is 20.0. The maximum absolute atomic E-state index is 11.4. The number of hydrogen-bond donors (Lipinski definition) is 1. The number of allylic oxidation sites excluding steroid dienone is 1. The van der Waals surface area contributed by atoms with Crippen molar-refractivity contribution in [3.63, 3.8) is 0 Å². The van der Waals surface area contributed by atoms with Gasteiger partial charge >= 0.3 is 0 Å². The summed E-state index contributed by atoms with van der Waals surface area (Å²) in [5, 5.41) is 11.4. The van der Waals surface area contributed by atoms with E-state index in [0.717, 1.165) is 29.5 Å². The first kappa shape index (κ1) is 30.1. The zero-order chi connectivity index (χ0) is 29.4. The summed E-state index contributed by atoms with van der Waals surface area (Å²) in [6.45, 7) is 0.407. The highest BCUT2D eigenvalue weighted by molar-refractivity contribution is 5.56. The van der Waals surface area contributed by atoms with Gasteiger partial charge in [0.15, 0.2) is 34.5 Å². The summed E-state index contributed by atoms with van der Waals surface area (Å²) in [6.07, 6.45) is 4.81. The number of benzene rings is 3. The normalized spacial score (nSPS) is 19.4. The van der Waals surface area contributed by atoms with E-state index in [-0.39, 0.29) is 17.9 Å². The van der Waals surface area contributed by atoms with Gasteiger partial charge in [0, 0.05) is 5.92 Å². The van der Waals surface area contributed by atoms with Crippen LogP contribution >= 0.6 is 0 Å². The molecule has 0 radical (unpaired) electrons. The topological polar surface area (TPSA) is 84.8 Å². The van der Waals surface area contributed by atoms with Crippen LogP contribution in [0.25, 0.3) is 6.08 Å². The SMILES string of the molecule is COc1ccc(/C=C/C[C@H]2C[C@H]([C@@H](O)c3ccc(OC)c(OC)c3)CO[C@H]2c2ccc(OC)c(OC)c2)cc1OC. The van der Waals surface area contributed by atoms with Crippen molar-refractivity contribution < 1.29 is 38.3 Å². The van der Waals surface area contributed by atoms with Crippen LogP contribution in [0.2, 0.25) is 0 Å². The summed E-state index contributed by atoms with van der Waals surface area (Å²) in [5.41, 5.74) is 2.77. The molecule has 1 saturated heterocycles. The largest absolute Gasteiger partial charge is 0.493 e. The van der Waals surface area contributed by atoms with Crippen LogP contribution in [0.3, 0.4) is 0 Å². The van der Waals surface area contributed by atoms with Gasteiger partial charge in [-0.25, -0.2) is 0 Å². The quantitative estimate of drug-likeness (QED) is 0.276. The predicted molar refractivity (Wildman–Crippen MR) is 158 cm³/mol. The molecule has 0 aromatic heterocycles. The maximum atomic E-state index is 11.4. The Morgan fingerprint density at radius 1 is 0.732 bits per heavy atom. The van der Waals surface area contributed by atoms with E-state index in [9.17, 15) is 5.11 Å². The molecule has 0 saturated carbocycles. The van der Waals surface area contributed by atoms with Crippen molar-refractivity contribution >= 4 is 6.08 Å². The van der Waals surface area contributed by atoms with Gasteiger partial charge in [-0.1, -0.05) is 30.4 Å². The van der Waals surface area contributed by atoms with Gasteiger partial charge in [-0.3, -0.25) is 0 Å². The van der Waals surface area contributed by atoms with Crippen LogP contribution in [0, 0.1) is 11.8 Å². The number of methoxy groups -OCH3 is 6. The van der Waals surface area contributed by atoms with Crippen molar-refractivity contribution in [3.05, 3.63) is 77.4 Å². The third kappa shape index (κ3) is 6.89. The summed E-state index contributed by atoms with van der Waals surface area (Å²) in [6, 6.07) is 17.2. The van der Waals surface area contributed by atoms with Gasteiger partial charge in [0.05, 0.1) is 61.5 Å². The molecule has 220 valence electrons. The standard InChI is InChI=1S/C33H40O8/c1-35-26-13-10-21(16-29(26)38-4)8-7-9-23-17-25(32(34)22-11-14-27(36-2)30(18-22)39-5)20-41-33(23)24-12-15-28(37-3)31(19-24)40-6/h7-8,10-16,18-19,23,25,32-34H,9,17,20H2,1-6H3/b8-7+/t23-,25-,32-,33+/m0/s1. The minimum absolute atomic E-state index is 0.0954. The van der Waals surface area contributed by atoms with Crippen LogP contribution in [0.15, 0.2) is 60.7 Å². The van der Waals surface area contributed by atoms with Gasteiger partial charge in [0.2, 0.25) is 0 Å². The number of hydrogen-bond acceptors (Lipinski definition) is 8. The first-order valence-corrected chi connectivity index (χ1v) is 13.6. The second-order valence-electron chi connectivity index (χ2n) is 9.94. The molecule has 0 amide bonds. The minimum Gasteiger partial charge on any atom is -0.493 e. The Morgan fingerprint density at radius 3 is 1.93 bits per heavy atom.